The van der Waals surface area contributed by atoms with Gasteiger partial charge in [-0.1, -0.05) is 17.7 Å². The standard InChI is InChI=1S/C12H17ClFN3O/c1-2-3-5-18-6-4-17-12-9(16)7-8(15)10(13)11(12)14/h2,7,17H,1,3-6,15-16H2. The molecule has 0 aliphatic carbocycles. The van der Waals surface area contributed by atoms with Crippen molar-refractivity contribution in [3.05, 3.63) is 29.6 Å². The van der Waals surface area contributed by atoms with Crippen LogP contribution in [0.4, 0.5) is 21.5 Å². The van der Waals surface area contributed by atoms with E-state index in [1.54, 1.807) is 6.08 Å². The van der Waals surface area contributed by atoms with Crippen LogP contribution in [0.5, 0.6) is 0 Å². The lowest BCUT2D eigenvalue weighted by molar-refractivity contribution is 0.149. The second-order valence-electron chi connectivity index (χ2n) is 3.67. The fourth-order valence-corrected chi connectivity index (χ4v) is 1.51. The highest BCUT2D eigenvalue weighted by Crippen LogP contribution is 2.33. The van der Waals surface area contributed by atoms with Crippen molar-refractivity contribution in [1.29, 1.82) is 0 Å². The molecule has 100 valence electrons. The molecular formula is C12H17ClFN3O. The zero-order valence-corrected chi connectivity index (χ0v) is 10.8. The Balaban J connectivity index is 2.52. The second-order valence-corrected chi connectivity index (χ2v) is 4.05. The Morgan fingerprint density at radius 2 is 2.11 bits per heavy atom. The number of halogens is 2. The van der Waals surface area contributed by atoms with E-state index in [9.17, 15) is 4.39 Å². The summed E-state index contributed by atoms with van der Waals surface area (Å²) in [6.45, 7) is 5.04. The van der Waals surface area contributed by atoms with E-state index in [2.05, 4.69) is 11.9 Å². The van der Waals surface area contributed by atoms with Gasteiger partial charge >= 0.3 is 0 Å². The van der Waals surface area contributed by atoms with Crippen molar-refractivity contribution in [3.8, 4) is 0 Å². The fourth-order valence-electron chi connectivity index (χ4n) is 1.36. The van der Waals surface area contributed by atoms with Gasteiger partial charge in [-0.05, 0) is 12.5 Å². The number of rotatable bonds is 7. The van der Waals surface area contributed by atoms with Crippen LogP contribution in [0.25, 0.3) is 0 Å². The third-order valence-corrected chi connectivity index (χ3v) is 2.66. The quantitative estimate of drug-likeness (QED) is 0.406. The van der Waals surface area contributed by atoms with Crippen molar-refractivity contribution in [1.82, 2.24) is 0 Å². The van der Waals surface area contributed by atoms with E-state index < -0.39 is 5.82 Å². The molecule has 0 atom stereocenters. The van der Waals surface area contributed by atoms with Gasteiger partial charge in [-0.3, -0.25) is 0 Å². The highest BCUT2D eigenvalue weighted by molar-refractivity contribution is 6.33. The van der Waals surface area contributed by atoms with Gasteiger partial charge in [-0.25, -0.2) is 4.39 Å². The van der Waals surface area contributed by atoms with Gasteiger partial charge in [0, 0.05) is 6.54 Å². The van der Waals surface area contributed by atoms with Crippen molar-refractivity contribution < 1.29 is 9.13 Å². The SMILES string of the molecule is C=CCCOCCNc1c(N)cc(N)c(Cl)c1F. The topological polar surface area (TPSA) is 73.3 Å². The van der Waals surface area contributed by atoms with Crippen LogP contribution < -0.4 is 16.8 Å². The van der Waals surface area contributed by atoms with Crippen molar-refractivity contribution >= 4 is 28.7 Å². The number of nitrogens with one attached hydrogen (secondary N) is 1. The number of anilines is 3. The first-order valence-electron chi connectivity index (χ1n) is 5.53. The Morgan fingerprint density at radius 1 is 1.39 bits per heavy atom. The number of nitrogen functional groups attached to an aromatic ring is 2. The molecule has 1 rings (SSSR count). The van der Waals surface area contributed by atoms with Crippen LogP contribution in [-0.2, 0) is 4.74 Å². The average Bonchev–Trinajstić information content (AvgIpc) is 2.34. The Bertz CT molecular complexity index is 426. The minimum absolute atomic E-state index is 0.124. The molecule has 0 spiro atoms. The Kier molecular flexibility index (Phi) is 5.74. The number of benzene rings is 1. The summed E-state index contributed by atoms with van der Waals surface area (Å²) in [5, 5.41) is 2.71. The smallest absolute Gasteiger partial charge is 0.169 e. The Morgan fingerprint density at radius 3 is 2.78 bits per heavy atom. The minimum Gasteiger partial charge on any atom is -0.397 e. The van der Waals surface area contributed by atoms with Crippen LogP contribution in [-0.4, -0.2) is 19.8 Å². The summed E-state index contributed by atoms with van der Waals surface area (Å²) in [6, 6.07) is 1.42. The molecule has 4 nitrogen and oxygen atoms in total. The molecular weight excluding hydrogens is 257 g/mol. The molecule has 0 aliphatic rings. The molecule has 0 fully saturated rings. The molecule has 0 heterocycles. The van der Waals surface area contributed by atoms with Crippen molar-refractivity contribution in [2.75, 3.05) is 36.5 Å². The van der Waals surface area contributed by atoms with E-state index in [0.29, 0.717) is 19.8 Å². The lowest BCUT2D eigenvalue weighted by Crippen LogP contribution is -2.13. The Labute approximate surface area is 111 Å². The minimum atomic E-state index is -0.639. The van der Waals surface area contributed by atoms with E-state index in [1.165, 1.54) is 6.07 Å². The first-order chi connectivity index (χ1) is 8.57. The molecule has 6 heteroatoms. The van der Waals surface area contributed by atoms with E-state index in [0.717, 1.165) is 6.42 Å². The molecule has 0 aromatic heterocycles. The van der Waals surface area contributed by atoms with Gasteiger partial charge in [-0.2, -0.15) is 0 Å². The maximum Gasteiger partial charge on any atom is 0.169 e. The van der Waals surface area contributed by atoms with Gasteiger partial charge in [0.05, 0.1) is 30.3 Å². The zero-order chi connectivity index (χ0) is 13.5. The first kappa shape index (κ1) is 14.6. The summed E-state index contributed by atoms with van der Waals surface area (Å²) >= 11 is 5.70. The Hall–Kier alpha value is -1.46. The summed E-state index contributed by atoms with van der Waals surface area (Å²) in [7, 11) is 0. The first-order valence-corrected chi connectivity index (χ1v) is 5.91. The number of hydrogen-bond donors (Lipinski definition) is 3. The van der Waals surface area contributed by atoms with E-state index in [4.69, 9.17) is 27.8 Å². The number of nitrogens with two attached hydrogens (primary N) is 2. The predicted octanol–water partition coefficient (Wildman–Crippen LogP) is 2.65. The monoisotopic (exact) mass is 273 g/mol. The maximum atomic E-state index is 13.7. The van der Waals surface area contributed by atoms with Crippen molar-refractivity contribution in [2.45, 2.75) is 6.42 Å². The van der Waals surface area contributed by atoms with Gasteiger partial charge in [0.25, 0.3) is 0 Å². The van der Waals surface area contributed by atoms with Gasteiger partial charge < -0.3 is 21.5 Å². The van der Waals surface area contributed by atoms with E-state index >= 15 is 0 Å². The normalized spacial score (nSPS) is 10.3. The molecule has 0 aliphatic heterocycles. The summed E-state index contributed by atoms with van der Waals surface area (Å²) in [6.07, 6.45) is 2.55. The van der Waals surface area contributed by atoms with Crippen LogP contribution >= 0.6 is 11.6 Å². The van der Waals surface area contributed by atoms with Crippen LogP contribution in [0.15, 0.2) is 18.7 Å². The van der Waals surface area contributed by atoms with E-state index in [-0.39, 0.29) is 22.1 Å². The summed E-state index contributed by atoms with van der Waals surface area (Å²) in [5.41, 5.74) is 11.6. The van der Waals surface area contributed by atoms with Crippen molar-refractivity contribution in [3.63, 3.8) is 0 Å². The number of ether oxygens (including phenoxy) is 1. The van der Waals surface area contributed by atoms with Crippen LogP contribution in [0.3, 0.4) is 0 Å². The fraction of sp³-hybridized carbons (Fsp3) is 0.333. The second kappa shape index (κ2) is 7.08. The molecule has 1 aromatic rings. The molecule has 0 radical (unpaired) electrons. The molecule has 0 bridgehead atoms. The molecule has 0 saturated carbocycles. The average molecular weight is 274 g/mol. The molecule has 5 N–H and O–H groups in total. The molecule has 0 amide bonds. The van der Waals surface area contributed by atoms with Gasteiger partial charge in [-0.15, -0.1) is 6.58 Å². The lowest BCUT2D eigenvalue weighted by atomic mass is 10.2. The van der Waals surface area contributed by atoms with Crippen LogP contribution in [0, 0.1) is 5.82 Å². The van der Waals surface area contributed by atoms with Crippen LogP contribution in [0.2, 0.25) is 5.02 Å². The summed E-state index contributed by atoms with van der Waals surface area (Å²) in [4.78, 5) is 0. The lowest BCUT2D eigenvalue weighted by Gasteiger charge is -2.12. The predicted molar refractivity (Wildman–Crippen MR) is 74.4 cm³/mol. The maximum absolute atomic E-state index is 13.7. The van der Waals surface area contributed by atoms with Crippen molar-refractivity contribution in [2.24, 2.45) is 0 Å². The third-order valence-electron chi connectivity index (χ3n) is 2.28. The highest BCUT2D eigenvalue weighted by atomic mass is 35.5. The van der Waals surface area contributed by atoms with Crippen LogP contribution in [0.1, 0.15) is 6.42 Å². The number of hydrogen-bond acceptors (Lipinski definition) is 4. The zero-order valence-electron chi connectivity index (χ0n) is 10.0. The third kappa shape index (κ3) is 3.78. The van der Waals surface area contributed by atoms with E-state index in [1.807, 2.05) is 0 Å². The highest BCUT2D eigenvalue weighted by Gasteiger charge is 2.13. The molecule has 1 aromatic carbocycles. The summed E-state index contributed by atoms with van der Waals surface area (Å²) < 4.78 is 19.0. The largest absolute Gasteiger partial charge is 0.397 e. The summed E-state index contributed by atoms with van der Waals surface area (Å²) in [5.74, 6) is -0.639. The van der Waals surface area contributed by atoms with Gasteiger partial charge in [0.2, 0.25) is 0 Å². The molecule has 0 saturated heterocycles. The van der Waals surface area contributed by atoms with Gasteiger partial charge in [0.15, 0.2) is 5.82 Å². The molecule has 18 heavy (non-hydrogen) atoms. The van der Waals surface area contributed by atoms with Gasteiger partial charge in [0.1, 0.15) is 5.02 Å². The molecule has 0 unspecified atom stereocenters.